The third-order valence-corrected chi connectivity index (χ3v) is 2.77. The molecule has 1 N–H and O–H groups in total. The smallest absolute Gasteiger partial charge is 0.0616 e. The number of hydrogen-bond donors (Lipinski definition) is 1. The molecule has 1 saturated carbocycles. The first-order valence-corrected chi connectivity index (χ1v) is 4.07. The summed E-state index contributed by atoms with van der Waals surface area (Å²) in [6.07, 6.45) is 4.24. The van der Waals surface area contributed by atoms with Crippen LogP contribution in [0.2, 0.25) is 0 Å². The lowest BCUT2D eigenvalue weighted by Crippen LogP contribution is -2.25. The van der Waals surface area contributed by atoms with Gasteiger partial charge in [0.2, 0.25) is 0 Å². The number of hydrogen-bond acceptors (Lipinski definition) is 2. The van der Waals surface area contributed by atoms with Crippen LogP contribution in [0.15, 0.2) is 0 Å². The van der Waals surface area contributed by atoms with Gasteiger partial charge in [0.05, 0.1) is 6.61 Å². The zero-order chi connectivity index (χ0) is 7.03. The van der Waals surface area contributed by atoms with Crippen molar-refractivity contribution in [2.45, 2.75) is 25.3 Å². The van der Waals surface area contributed by atoms with Gasteiger partial charge >= 0.3 is 0 Å². The molecular formula is C8H16ClNO. The Labute approximate surface area is 74.1 Å². The average Bonchev–Trinajstić information content (AvgIpc) is 2.52. The highest BCUT2D eigenvalue weighted by atomic mass is 35.5. The lowest BCUT2D eigenvalue weighted by atomic mass is 10.0. The van der Waals surface area contributed by atoms with Crippen molar-refractivity contribution in [1.29, 1.82) is 0 Å². The molecule has 11 heavy (non-hydrogen) atoms. The monoisotopic (exact) mass is 177 g/mol. The summed E-state index contributed by atoms with van der Waals surface area (Å²) in [6.45, 7) is 2.13. The minimum absolute atomic E-state index is 0. The zero-order valence-electron chi connectivity index (χ0n) is 6.93. The van der Waals surface area contributed by atoms with E-state index in [1.165, 1.54) is 25.8 Å². The van der Waals surface area contributed by atoms with Gasteiger partial charge in [0.1, 0.15) is 0 Å². The van der Waals surface area contributed by atoms with Gasteiger partial charge in [-0.15, -0.1) is 12.4 Å². The van der Waals surface area contributed by atoms with Gasteiger partial charge in [-0.3, -0.25) is 0 Å². The van der Waals surface area contributed by atoms with Crippen LogP contribution in [0.3, 0.4) is 0 Å². The molecule has 1 atom stereocenters. The van der Waals surface area contributed by atoms with E-state index in [4.69, 9.17) is 4.74 Å². The highest BCUT2D eigenvalue weighted by molar-refractivity contribution is 5.85. The second-order valence-electron chi connectivity index (χ2n) is 3.74. The predicted octanol–water partition coefficient (Wildman–Crippen LogP) is 1.20. The maximum Gasteiger partial charge on any atom is 0.0616 e. The number of halogens is 1. The average molecular weight is 178 g/mol. The fourth-order valence-electron chi connectivity index (χ4n) is 1.90. The Morgan fingerprint density at radius 2 is 2.27 bits per heavy atom. The van der Waals surface area contributed by atoms with Crippen LogP contribution in [0.5, 0.6) is 0 Å². The third-order valence-electron chi connectivity index (χ3n) is 2.77. The van der Waals surface area contributed by atoms with Crippen molar-refractivity contribution in [2.24, 2.45) is 5.41 Å². The van der Waals surface area contributed by atoms with Crippen LogP contribution in [0.25, 0.3) is 0 Å². The summed E-state index contributed by atoms with van der Waals surface area (Å²) in [5, 5.41) is 3.49. The van der Waals surface area contributed by atoms with Crippen molar-refractivity contribution < 1.29 is 4.74 Å². The molecule has 1 saturated heterocycles. The van der Waals surface area contributed by atoms with E-state index in [1.807, 2.05) is 0 Å². The van der Waals surface area contributed by atoms with E-state index in [9.17, 15) is 0 Å². The van der Waals surface area contributed by atoms with Gasteiger partial charge in [-0.05, 0) is 24.7 Å². The van der Waals surface area contributed by atoms with Crippen molar-refractivity contribution in [3.63, 3.8) is 0 Å². The molecular weight excluding hydrogens is 162 g/mol. The van der Waals surface area contributed by atoms with E-state index in [2.05, 4.69) is 5.32 Å². The van der Waals surface area contributed by atoms with Crippen molar-refractivity contribution in [1.82, 2.24) is 5.32 Å². The molecule has 2 nitrogen and oxygen atoms in total. The van der Waals surface area contributed by atoms with E-state index >= 15 is 0 Å². The summed E-state index contributed by atoms with van der Waals surface area (Å²) < 4.78 is 5.08. The largest absolute Gasteiger partial charge is 0.383 e. The van der Waals surface area contributed by atoms with Gasteiger partial charge in [-0.1, -0.05) is 0 Å². The standard InChI is InChI=1S/C8H15NO.ClH/c1-10-5-7-4-8(2-3-8)6-9-7;/h7,9H,2-6H2,1H3;1H. The molecule has 0 radical (unpaired) electrons. The fraction of sp³-hybridized carbons (Fsp3) is 1.00. The van der Waals surface area contributed by atoms with Gasteiger partial charge in [0.25, 0.3) is 0 Å². The van der Waals surface area contributed by atoms with Gasteiger partial charge in [0, 0.05) is 19.7 Å². The molecule has 0 aromatic carbocycles. The van der Waals surface area contributed by atoms with Crippen LogP contribution in [-0.2, 0) is 4.74 Å². The highest BCUT2D eigenvalue weighted by Crippen LogP contribution is 2.51. The molecule has 66 valence electrons. The predicted molar refractivity (Wildman–Crippen MR) is 47.2 cm³/mol. The van der Waals surface area contributed by atoms with Gasteiger partial charge < -0.3 is 10.1 Å². The van der Waals surface area contributed by atoms with Crippen molar-refractivity contribution >= 4 is 12.4 Å². The summed E-state index contributed by atoms with van der Waals surface area (Å²) in [5.41, 5.74) is 0.725. The lowest BCUT2D eigenvalue weighted by Gasteiger charge is -2.07. The van der Waals surface area contributed by atoms with Gasteiger partial charge in [0.15, 0.2) is 0 Å². The lowest BCUT2D eigenvalue weighted by molar-refractivity contribution is 0.172. The SMILES string of the molecule is COCC1CC2(CC2)CN1.Cl. The molecule has 2 aliphatic rings. The van der Waals surface area contributed by atoms with Crippen LogP contribution in [0.1, 0.15) is 19.3 Å². The van der Waals surface area contributed by atoms with Crippen molar-refractivity contribution in [2.75, 3.05) is 20.3 Å². The molecule has 0 bridgehead atoms. The Morgan fingerprint density at radius 1 is 1.55 bits per heavy atom. The summed E-state index contributed by atoms with van der Waals surface area (Å²) in [5.74, 6) is 0. The van der Waals surface area contributed by atoms with Crippen LogP contribution < -0.4 is 5.32 Å². The molecule has 1 spiro atoms. The normalized spacial score (nSPS) is 31.9. The molecule has 1 heterocycles. The fourth-order valence-corrected chi connectivity index (χ4v) is 1.90. The Hall–Kier alpha value is 0.210. The summed E-state index contributed by atoms with van der Waals surface area (Å²) in [6, 6.07) is 0.646. The van der Waals surface area contributed by atoms with Gasteiger partial charge in [-0.25, -0.2) is 0 Å². The van der Waals surface area contributed by atoms with E-state index in [0.717, 1.165) is 12.0 Å². The molecule has 1 aliphatic heterocycles. The number of methoxy groups -OCH3 is 1. The quantitative estimate of drug-likeness (QED) is 0.685. The molecule has 0 aromatic heterocycles. The Kier molecular flexibility index (Phi) is 2.79. The molecule has 0 aromatic rings. The van der Waals surface area contributed by atoms with Crippen LogP contribution in [-0.4, -0.2) is 26.3 Å². The number of rotatable bonds is 2. The second-order valence-corrected chi connectivity index (χ2v) is 3.74. The molecule has 3 heteroatoms. The van der Waals surface area contributed by atoms with E-state index < -0.39 is 0 Å². The zero-order valence-corrected chi connectivity index (χ0v) is 7.75. The topological polar surface area (TPSA) is 21.3 Å². The number of nitrogens with one attached hydrogen (secondary N) is 1. The first kappa shape index (κ1) is 9.30. The maximum atomic E-state index is 5.08. The van der Waals surface area contributed by atoms with Crippen molar-refractivity contribution in [3.05, 3.63) is 0 Å². The number of ether oxygens (including phenoxy) is 1. The van der Waals surface area contributed by atoms with Crippen molar-refractivity contribution in [3.8, 4) is 0 Å². The first-order chi connectivity index (χ1) is 4.85. The highest BCUT2D eigenvalue weighted by Gasteiger charge is 2.47. The minimum Gasteiger partial charge on any atom is -0.383 e. The maximum absolute atomic E-state index is 5.08. The molecule has 2 rings (SSSR count). The summed E-state index contributed by atoms with van der Waals surface area (Å²) in [4.78, 5) is 0. The van der Waals surface area contributed by atoms with Crippen LogP contribution in [0.4, 0.5) is 0 Å². The summed E-state index contributed by atoms with van der Waals surface area (Å²) in [7, 11) is 1.78. The van der Waals surface area contributed by atoms with Crippen LogP contribution >= 0.6 is 12.4 Å². The first-order valence-electron chi connectivity index (χ1n) is 4.07. The molecule has 1 unspecified atom stereocenters. The Bertz CT molecular complexity index is 136. The minimum atomic E-state index is 0. The van der Waals surface area contributed by atoms with E-state index in [-0.39, 0.29) is 12.4 Å². The third kappa shape index (κ3) is 1.86. The Morgan fingerprint density at radius 3 is 2.73 bits per heavy atom. The van der Waals surface area contributed by atoms with E-state index in [1.54, 1.807) is 7.11 Å². The van der Waals surface area contributed by atoms with Gasteiger partial charge in [-0.2, -0.15) is 0 Å². The summed E-state index contributed by atoms with van der Waals surface area (Å²) >= 11 is 0. The molecule has 1 aliphatic carbocycles. The second kappa shape index (κ2) is 3.30. The molecule has 2 fully saturated rings. The molecule has 0 amide bonds. The van der Waals surface area contributed by atoms with E-state index in [0.29, 0.717) is 6.04 Å². The van der Waals surface area contributed by atoms with Crippen LogP contribution in [0, 0.1) is 5.41 Å². The Balaban J connectivity index is 0.000000605.